The molecular formula is C27H20ClN. The SMILES string of the molecule is CC1(C)c2ccccc2-c2c1ccc1c3cc(Cl)ccc3n(-c3ccccc3)c21. The highest BCUT2D eigenvalue weighted by molar-refractivity contribution is 6.32. The summed E-state index contributed by atoms with van der Waals surface area (Å²) in [6, 6.07) is 30.3. The number of nitrogens with zero attached hydrogens (tertiary/aromatic N) is 1. The molecule has 1 heterocycles. The molecule has 1 nitrogen and oxygen atoms in total. The van der Waals surface area contributed by atoms with E-state index in [4.69, 9.17) is 11.6 Å². The van der Waals surface area contributed by atoms with Crippen LogP contribution in [0.15, 0.2) is 84.9 Å². The monoisotopic (exact) mass is 393 g/mol. The van der Waals surface area contributed by atoms with Crippen LogP contribution in [0.1, 0.15) is 25.0 Å². The zero-order valence-corrected chi connectivity index (χ0v) is 17.2. The summed E-state index contributed by atoms with van der Waals surface area (Å²) in [6.45, 7) is 4.66. The van der Waals surface area contributed by atoms with Gasteiger partial charge in [-0.2, -0.15) is 0 Å². The predicted octanol–water partition coefficient (Wildman–Crippen LogP) is 7.74. The highest BCUT2D eigenvalue weighted by Crippen LogP contribution is 2.52. The van der Waals surface area contributed by atoms with Gasteiger partial charge < -0.3 is 4.57 Å². The predicted molar refractivity (Wildman–Crippen MR) is 123 cm³/mol. The molecule has 29 heavy (non-hydrogen) atoms. The van der Waals surface area contributed by atoms with E-state index >= 15 is 0 Å². The zero-order valence-electron chi connectivity index (χ0n) is 16.4. The molecule has 2 heteroatoms. The van der Waals surface area contributed by atoms with Crippen LogP contribution < -0.4 is 0 Å². The van der Waals surface area contributed by atoms with Gasteiger partial charge in [0.25, 0.3) is 0 Å². The summed E-state index contributed by atoms with van der Waals surface area (Å²) in [4.78, 5) is 0. The lowest BCUT2D eigenvalue weighted by Gasteiger charge is -2.21. The first-order chi connectivity index (χ1) is 14.1. The van der Waals surface area contributed by atoms with Gasteiger partial charge in [-0.1, -0.05) is 80.0 Å². The van der Waals surface area contributed by atoms with Crippen molar-refractivity contribution in [2.24, 2.45) is 0 Å². The fourth-order valence-corrected chi connectivity index (χ4v) is 5.28. The summed E-state index contributed by atoms with van der Waals surface area (Å²) < 4.78 is 2.40. The molecule has 1 aliphatic rings. The Morgan fingerprint density at radius 2 is 1.48 bits per heavy atom. The Hall–Kier alpha value is -3.03. The second-order valence-electron chi connectivity index (χ2n) is 8.39. The van der Waals surface area contributed by atoms with Gasteiger partial charge in [0.15, 0.2) is 0 Å². The Morgan fingerprint density at radius 3 is 2.31 bits per heavy atom. The lowest BCUT2D eigenvalue weighted by Crippen LogP contribution is -2.14. The van der Waals surface area contributed by atoms with Crippen molar-refractivity contribution >= 4 is 33.4 Å². The molecule has 0 N–H and O–H groups in total. The molecule has 0 aliphatic heterocycles. The lowest BCUT2D eigenvalue weighted by molar-refractivity contribution is 0.661. The van der Waals surface area contributed by atoms with Gasteiger partial charge in [0.2, 0.25) is 0 Å². The molecule has 0 bridgehead atoms. The van der Waals surface area contributed by atoms with E-state index in [2.05, 4.69) is 97.3 Å². The molecule has 0 saturated heterocycles. The number of rotatable bonds is 1. The highest BCUT2D eigenvalue weighted by atomic mass is 35.5. The molecule has 1 aromatic heterocycles. The molecule has 0 fully saturated rings. The topological polar surface area (TPSA) is 4.93 Å². The van der Waals surface area contributed by atoms with E-state index in [1.165, 1.54) is 49.7 Å². The number of hydrogen-bond acceptors (Lipinski definition) is 0. The number of hydrogen-bond donors (Lipinski definition) is 0. The number of fused-ring (bicyclic) bond motifs is 7. The van der Waals surface area contributed by atoms with Gasteiger partial charge in [-0.05, 0) is 47.0 Å². The second kappa shape index (κ2) is 5.75. The van der Waals surface area contributed by atoms with Crippen LogP contribution in [0.4, 0.5) is 0 Å². The second-order valence-corrected chi connectivity index (χ2v) is 8.82. The van der Waals surface area contributed by atoms with Gasteiger partial charge in [0.05, 0.1) is 11.0 Å². The normalized spacial score (nSPS) is 14.3. The van der Waals surface area contributed by atoms with Crippen molar-refractivity contribution in [3.05, 3.63) is 101 Å². The summed E-state index contributed by atoms with van der Waals surface area (Å²) in [6.07, 6.45) is 0. The first kappa shape index (κ1) is 16.9. The Labute approximate surface area is 175 Å². The van der Waals surface area contributed by atoms with Crippen molar-refractivity contribution in [3.63, 3.8) is 0 Å². The molecular weight excluding hydrogens is 374 g/mol. The molecule has 0 unspecified atom stereocenters. The third-order valence-electron chi connectivity index (χ3n) is 6.45. The van der Waals surface area contributed by atoms with E-state index < -0.39 is 0 Å². The minimum Gasteiger partial charge on any atom is -0.309 e. The van der Waals surface area contributed by atoms with E-state index in [1.54, 1.807) is 0 Å². The van der Waals surface area contributed by atoms with E-state index in [0.717, 1.165) is 5.02 Å². The van der Waals surface area contributed by atoms with E-state index in [-0.39, 0.29) is 5.41 Å². The van der Waals surface area contributed by atoms with Crippen LogP contribution in [0, 0.1) is 0 Å². The van der Waals surface area contributed by atoms with Crippen molar-refractivity contribution in [1.82, 2.24) is 4.57 Å². The molecule has 140 valence electrons. The fourth-order valence-electron chi connectivity index (χ4n) is 5.11. The van der Waals surface area contributed by atoms with E-state index in [0.29, 0.717) is 0 Å². The summed E-state index contributed by atoms with van der Waals surface area (Å²) >= 11 is 6.41. The lowest BCUT2D eigenvalue weighted by atomic mass is 9.82. The summed E-state index contributed by atoms with van der Waals surface area (Å²) in [5.41, 5.74) is 9.07. The maximum Gasteiger partial charge on any atom is 0.0622 e. The average Bonchev–Trinajstić information content (AvgIpc) is 3.18. The standard InChI is InChI=1S/C27H20ClN/c1-27(2)22-11-7-6-10-20(22)25-23(27)14-13-19-21-16-17(28)12-15-24(21)29(26(19)25)18-8-4-3-5-9-18/h3-16H,1-2H3. The Kier molecular flexibility index (Phi) is 3.34. The van der Waals surface area contributed by atoms with Crippen LogP contribution in [0.2, 0.25) is 5.02 Å². The van der Waals surface area contributed by atoms with Gasteiger partial charge in [0, 0.05) is 32.5 Å². The molecule has 5 aromatic rings. The van der Waals surface area contributed by atoms with E-state index in [1.807, 2.05) is 6.07 Å². The van der Waals surface area contributed by atoms with Gasteiger partial charge in [-0.3, -0.25) is 0 Å². The zero-order chi connectivity index (χ0) is 19.8. The molecule has 0 saturated carbocycles. The van der Waals surface area contributed by atoms with Gasteiger partial charge >= 0.3 is 0 Å². The van der Waals surface area contributed by atoms with Crippen molar-refractivity contribution in [3.8, 4) is 16.8 Å². The number of para-hydroxylation sites is 1. The van der Waals surface area contributed by atoms with Crippen LogP contribution in [0.25, 0.3) is 38.6 Å². The van der Waals surface area contributed by atoms with Crippen LogP contribution in [0.3, 0.4) is 0 Å². The molecule has 4 aromatic carbocycles. The van der Waals surface area contributed by atoms with E-state index in [9.17, 15) is 0 Å². The molecule has 0 atom stereocenters. The van der Waals surface area contributed by atoms with Crippen molar-refractivity contribution < 1.29 is 0 Å². The maximum atomic E-state index is 6.41. The van der Waals surface area contributed by atoms with Crippen LogP contribution in [-0.2, 0) is 5.41 Å². The van der Waals surface area contributed by atoms with Crippen LogP contribution >= 0.6 is 11.6 Å². The first-order valence-electron chi connectivity index (χ1n) is 10.00. The minimum absolute atomic E-state index is 0.0181. The van der Waals surface area contributed by atoms with Gasteiger partial charge in [-0.15, -0.1) is 0 Å². The summed E-state index contributed by atoms with van der Waals surface area (Å²) in [5.74, 6) is 0. The quantitative estimate of drug-likeness (QED) is 0.274. The molecule has 0 amide bonds. The molecule has 1 aliphatic carbocycles. The maximum absolute atomic E-state index is 6.41. The largest absolute Gasteiger partial charge is 0.309 e. The third-order valence-corrected chi connectivity index (χ3v) is 6.68. The summed E-state index contributed by atoms with van der Waals surface area (Å²) in [7, 11) is 0. The Balaban J connectivity index is 1.88. The first-order valence-corrected chi connectivity index (χ1v) is 10.4. The van der Waals surface area contributed by atoms with Crippen molar-refractivity contribution in [2.45, 2.75) is 19.3 Å². The van der Waals surface area contributed by atoms with Gasteiger partial charge in [0.1, 0.15) is 0 Å². The number of benzene rings is 4. The number of halogens is 1. The van der Waals surface area contributed by atoms with Crippen LogP contribution in [0.5, 0.6) is 0 Å². The smallest absolute Gasteiger partial charge is 0.0622 e. The Bertz CT molecular complexity index is 1420. The Morgan fingerprint density at radius 1 is 0.724 bits per heavy atom. The third kappa shape index (κ3) is 2.17. The van der Waals surface area contributed by atoms with Crippen molar-refractivity contribution in [1.29, 1.82) is 0 Å². The van der Waals surface area contributed by atoms with Gasteiger partial charge in [-0.25, -0.2) is 0 Å². The molecule has 0 spiro atoms. The fraction of sp³-hybridized carbons (Fsp3) is 0.111. The molecule has 0 radical (unpaired) electrons. The number of aromatic nitrogens is 1. The minimum atomic E-state index is -0.0181. The summed E-state index contributed by atoms with van der Waals surface area (Å²) in [5, 5.41) is 3.21. The molecule has 6 rings (SSSR count). The van der Waals surface area contributed by atoms with Crippen LogP contribution in [-0.4, -0.2) is 4.57 Å². The van der Waals surface area contributed by atoms with Crippen molar-refractivity contribution in [2.75, 3.05) is 0 Å². The highest BCUT2D eigenvalue weighted by Gasteiger charge is 2.37. The average molecular weight is 394 g/mol.